The second kappa shape index (κ2) is 4.32. The Morgan fingerprint density at radius 1 is 1.77 bits per heavy atom. The number of rotatable bonds is 2. The summed E-state index contributed by atoms with van der Waals surface area (Å²) >= 11 is 0. The first-order valence-corrected chi connectivity index (χ1v) is 4.23. The van der Waals surface area contributed by atoms with Crippen molar-refractivity contribution in [2.45, 2.75) is 13.3 Å². The molecule has 0 aromatic carbocycles. The molecule has 0 aliphatic carbocycles. The van der Waals surface area contributed by atoms with E-state index >= 15 is 0 Å². The molecule has 0 aromatic rings. The van der Waals surface area contributed by atoms with Crippen LogP contribution in [0, 0.1) is 0 Å². The van der Waals surface area contributed by atoms with Crippen molar-refractivity contribution in [3.63, 3.8) is 0 Å². The van der Waals surface area contributed by atoms with Crippen molar-refractivity contribution in [1.82, 2.24) is 4.81 Å². The minimum atomic E-state index is -0.437. The summed E-state index contributed by atoms with van der Waals surface area (Å²) in [7, 11) is 5.45. The molecule has 1 heterocycles. The molecule has 0 fully saturated rings. The van der Waals surface area contributed by atoms with Crippen LogP contribution in [0.2, 0.25) is 0 Å². The van der Waals surface area contributed by atoms with Gasteiger partial charge in [-0.05, 0) is 19.9 Å². The molecule has 0 aromatic heterocycles. The molecule has 0 unspecified atom stereocenters. The predicted molar refractivity (Wildman–Crippen MR) is 48.2 cm³/mol. The molecule has 13 heavy (non-hydrogen) atoms. The van der Waals surface area contributed by atoms with Crippen molar-refractivity contribution in [2.75, 3.05) is 19.7 Å². The van der Waals surface area contributed by atoms with Crippen LogP contribution in [0.25, 0.3) is 0 Å². The molecule has 1 aliphatic rings. The monoisotopic (exact) mass is 181 g/mol. The zero-order chi connectivity index (χ0) is 9.84. The van der Waals surface area contributed by atoms with Gasteiger partial charge in [-0.3, -0.25) is 0 Å². The van der Waals surface area contributed by atoms with E-state index in [0.29, 0.717) is 25.1 Å². The Morgan fingerprint density at radius 2 is 2.46 bits per heavy atom. The fraction of sp³-hybridized carbons (Fsp3) is 0.625. The maximum absolute atomic E-state index is 11.2. The van der Waals surface area contributed by atoms with Gasteiger partial charge in [-0.15, -0.1) is 0 Å². The minimum Gasteiger partial charge on any atom is -0.510 e. The molecule has 4 nitrogen and oxygen atoms in total. The SMILES string of the molecule is [B]N1CCC(C(=O)OCC)=C(O)C1. The number of carbonyl (C=O) groups is 1. The molecule has 0 spiro atoms. The van der Waals surface area contributed by atoms with E-state index in [1.54, 1.807) is 6.92 Å². The molecule has 1 N–H and O–H groups in total. The van der Waals surface area contributed by atoms with E-state index < -0.39 is 5.97 Å². The molecule has 0 amide bonds. The number of ether oxygens (including phenoxy) is 1. The molecule has 70 valence electrons. The number of nitrogens with zero attached hydrogens (tertiary/aromatic N) is 1. The lowest BCUT2D eigenvalue weighted by atomic mass is 10.0. The van der Waals surface area contributed by atoms with Crippen LogP contribution >= 0.6 is 0 Å². The Morgan fingerprint density at radius 3 is 3.00 bits per heavy atom. The molecular formula is C8H12BNO3. The highest BCUT2D eigenvalue weighted by atomic mass is 16.5. The van der Waals surface area contributed by atoms with Crippen molar-refractivity contribution < 1.29 is 14.6 Å². The summed E-state index contributed by atoms with van der Waals surface area (Å²) in [5, 5.41) is 9.39. The average Bonchev–Trinajstić information content (AvgIpc) is 2.04. The first-order chi connectivity index (χ1) is 6.15. The lowest BCUT2D eigenvalue weighted by Gasteiger charge is -2.23. The number of aliphatic hydroxyl groups is 1. The Kier molecular flexibility index (Phi) is 3.36. The summed E-state index contributed by atoms with van der Waals surface area (Å²) in [5.74, 6) is -0.416. The van der Waals surface area contributed by atoms with E-state index in [4.69, 9.17) is 12.7 Å². The Hall–Kier alpha value is -0.965. The quantitative estimate of drug-likeness (QED) is 0.486. The number of hydrogen-bond acceptors (Lipinski definition) is 4. The van der Waals surface area contributed by atoms with Crippen molar-refractivity contribution >= 4 is 14.0 Å². The minimum absolute atomic E-state index is 0.0206. The van der Waals surface area contributed by atoms with Gasteiger partial charge in [-0.1, -0.05) is 0 Å². The topological polar surface area (TPSA) is 49.8 Å². The van der Waals surface area contributed by atoms with E-state index in [1.165, 1.54) is 4.81 Å². The van der Waals surface area contributed by atoms with E-state index in [2.05, 4.69) is 0 Å². The van der Waals surface area contributed by atoms with E-state index in [0.717, 1.165) is 0 Å². The second-order valence-electron chi connectivity index (χ2n) is 2.87. The zero-order valence-electron chi connectivity index (χ0n) is 7.62. The van der Waals surface area contributed by atoms with Crippen LogP contribution in [-0.2, 0) is 9.53 Å². The van der Waals surface area contributed by atoms with Gasteiger partial charge in [0, 0.05) is 6.54 Å². The lowest BCUT2D eigenvalue weighted by molar-refractivity contribution is -0.139. The number of hydrogen-bond donors (Lipinski definition) is 1. The van der Waals surface area contributed by atoms with Crippen LogP contribution in [0.3, 0.4) is 0 Å². The van der Waals surface area contributed by atoms with Crippen LogP contribution in [0.4, 0.5) is 0 Å². The van der Waals surface area contributed by atoms with Crippen molar-refractivity contribution in [3.05, 3.63) is 11.3 Å². The van der Waals surface area contributed by atoms with Crippen LogP contribution in [0.1, 0.15) is 13.3 Å². The third-order valence-electron chi connectivity index (χ3n) is 1.87. The van der Waals surface area contributed by atoms with E-state index in [1.807, 2.05) is 0 Å². The van der Waals surface area contributed by atoms with Crippen LogP contribution in [0.15, 0.2) is 11.3 Å². The van der Waals surface area contributed by atoms with Crippen LogP contribution < -0.4 is 0 Å². The second-order valence-corrected chi connectivity index (χ2v) is 2.87. The summed E-state index contributed by atoms with van der Waals surface area (Å²) in [5.41, 5.74) is 0.351. The van der Waals surface area contributed by atoms with Gasteiger partial charge < -0.3 is 14.7 Å². The van der Waals surface area contributed by atoms with Gasteiger partial charge in [0.25, 0.3) is 0 Å². The van der Waals surface area contributed by atoms with E-state index in [-0.39, 0.29) is 12.3 Å². The summed E-state index contributed by atoms with van der Waals surface area (Å²) in [6.45, 7) is 2.84. The highest BCUT2D eigenvalue weighted by molar-refractivity contribution is 6.04. The molecule has 2 radical (unpaired) electrons. The third kappa shape index (κ3) is 2.49. The number of carbonyl (C=O) groups excluding carboxylic acids is 1. The molecule has 5 heteroatoms. The molecule has 1 aliphatic heterocycles. The van der Waals surface area contributed by atoms with Crippen LogP contribution in [-0.4, -0.2) is 43.6 Å². The van der Waals surface area contributed by atoms with Crippen LogP contribution in [0.5, 0.6) is 0 Å². The zero-order valence-corrected chi connectivity index (χ0v) is 7.62. The fourth-order valence-corrected chi connectivity index (χ4v) is 1.20. The van der Waals surface area contributed by atoms with Crippen molar-refractivity contribution in [1.29, 1.82) is 0 Å². The van der Waals surface area contributed by atoms with E-state index in [9.17, 15) is 9.90 Å². The summed E-state index contributed by atoms with van der Waals surface area (Å²) < 4.78 is 4.77. The predicted octanol–water partition coefficient (Wildman–Crippen LogP) is 0.151. The highest BCUT2D eigenvalue weighted by Crippen LogP contribution is 2.15. The molecule has 0 atom stereocenters. The number of esters is 1. The number of aliphatic hydroxyl groups excluding tert-OH is 1. The van der Waals surface area contributed by atoms with Gasteiger partial charge in [-0.2, -0.15) is 0 Å². The maximum atomic E-state index is 11.2. The van der Waals surface area contributed by atoms with Gasteiger partial charge in [0.15, 0.2) is 7.98 Å². The lowest BCUT2D eigenvalue weighted by Crippen LogP contribution is -2.31. The Labute approximate surface area is 78.6 Å². The summed E-state index contributed by atoms with van der Waals surface area (Å²) in [6, 6.07) is 0. The summed E-state index contributed by atoms with van der Waals surface area (Å²) in [4.78, 5) is 12.7. The van der Waals surface area contributed by atoms with Gasteiger partial charge in [-0.25, -0.2) is 4.79 Å². The third-order valence-corrected chi connectivity index (χ3v) is 1.87. The smallest absolute Gasteiger partial charge is 0.337 e. The van der Waals surface area contributed by atoms with Gasteiger partial charge in [0.05, 0.1) is 12.2 Å². The normalized spacial score (nSPS) is 18.8. The molecule has 1 rings (SSSR count). The largest absolute Gasteiger partial charge is 0.510 e. The molecule has 0 saturated carbocycles. The van der Waals surface area contributed by atoms with Gasteiger partial charge >= 0.3 is 5.97 Å². The Bertz CT molecular complexity index is 240. The molecule has 0 bridgehead atoms. The highest BCUT2D eigenvalue weighted by Gasteiger charge is 2.21. The standard InChI is InChI=1S/C8H12BNO3/c1-2-13-8(12)6-3-4-10(9)5-7(6)11/h11H,2-5H2,1H3. The summed E-state index contributed by atoms with van der Waals surface area (Å²) in [6.07, 6.45) is 0.446. The maximum Gasteiger partial charge on any atom is 0.337 e. The Balaban J connectivity index is 2.67. The first kappa shape index (κ1) is 10.1. The first-order valence-electron chi connectivity index (χ1n) is 4.23. The van der Waals surface area contributed by atoms with Crippen molar-refractivity contribution in [2.24, 2.45) is 0 Å². The molecular weight excluding hydrogens is 169 g/mol. The van der Waals surface area contributed by atoms with Gasteiger partial charge in [0.2, 0.25) is 0 Å². The van der Waals surface area contributed by atoms with Gasteiger partial charge in [0.1, 0.15) is 5.76 Å². The average molecular weight is 181 g/mol. The van der Waals surface area contributed by atoms with Crippen molar-refractivity contribution in [3.8, 4) is 0 Å². The molecule has 0 saturated heterocycles. The fourth-order valence-electron chi connectivity index (χ4n) is 1.20.